The Morgan fingerprint density at radius 2 is 2.07 bits per heavy atom. The Hall–Kier alpha value is -1.09. The van der Waals surface area contributed by atoms with Crippen molar-refractivity contribution in [1.29, 1.82) is 0 Å². The van der Waals surface area contributed by atoms with Gasteiger partial charge in [0.25, 0.3) is 0 Å². The van der Waals surface area contributed by atoms with E-state index in [2.05, 4.69) is 37.4 Å². The van der Waals surface area contributed by atoms with Crippen molar-refractivity contribution in [2.45, 2.75) is 26.7 Å². The second kappa shape index (κ2) is 4.42. The van der Waals surface area contributed by atoms with Crippen molar-refractivity contribution in [2.24, 2.45) is 5.73 Å². The largest absolute Gasteiger partial charge is 0.376 e. The number of benzene rings is 1. The van der Waals surface area contributed by atoms with Gasteiger partial charge in [-0.2, -0.15) is 0 Å². The molecule has 0 spiro atoms. The highest BCUT2D eigenvalue weighted by Crippen LogP contribution is 2.21. The van der Waals surface area contributed by atoms with Gasteiger partial charge in [0.2, 0.25) is 0 Å². The van der Waals surface area contributed by atoms with E-state index in [1.807, 2.05) is 6.92 Å². The SMILES string of the molecule is Cc1ccc(C(C)C)cc1NC(N)=S. The van der Waals surface area contributed by atoms with Gasteiger partial charge in [-0.25, -0.2) is 0 Å². The molecule has 0 amide bonds. The van der Waals surface area contributed by atoms with E-state index in [9.17, 15) is 0 Å². The van der Waals surface area contributed by atoms with Gasteiger partial charge in [-0.1, -0.05) is 26.0 Å². The zero-order valence-electron chi connectivity index (χ0n) is 8.79. The van der Waals surface area contributed by atoms with Gasteiger partial charge in [0.1, 0.15) is 0 Å². The fourth-order valence-electron chi connectivity index (χ4n) is 1.27. The molecule has 0 saturated heterocycles. The smallest absolute Gasteiger partial charge is 0.168 e. The molecule has 3 heteroatoms. The summed E-state index contributed by atoms with van der Waals surface area (Å²) in [6.45, 7) is 6.36. The number of aryl methyl sites for hydroxylation is 1. The van der Waals surface area contributed by atoms with Crippen LogP contribution in [0.1, 0.15) is 30.9 Å². The first-order valence-corrected chi connectivity index (χ1v) is 5.08. The Morgan fingerprint density at radius 3 is 2.57 bits per heavy atom. The van der Waals surface area contributed by atoms with Crippen LogP contribution in [0.2, 0.25) is 0 Å². The van der Waals surface area contributed by atoms with Crippen LogP contribution in [0.25, 0.3) is 0 Å². The Labute approximate surface area is 90.5 Å². The van der Waals surface area contributed by atoms with Crippen molar-refractivity contribution in [1.82, 2.24) is 0 Å². The summed E-state index contributed by atoms with van der Waals surface area (Å²) in [5.41, 5.74) is 8.88. The van der Waals surface area contributed by atoms with E-state index < -0.39 is 0 Å². The molecule has 1 aromatic rings. The molecule has 0 aliphatic carbocycles. The van der Waals surface area contributed by atoms with E-state index in [-0.39, 0.29) is 0 Å². The van der Waals surface area contributed by atoms with Gasteiger partial charge < -0.3 is 11.1 Å². The lowest BCUT2D eigenvalue weighted by atomic mass is 10.0. The van der Waals surface area contributed by atoms with Crippen LogP contribution in [0.15, 0.2) is 18.2 Å². The van der Waals surface area contributed by atoms with Crippen LogP contribution >= 0.6 is 12.2 Å². The highest BCUT2D eigenvalue weighted by atomic mass is 32.1. The molecule has 0 aromatic heterocycles. The topological polar surface area (TPSA) is 38.0 Å². The summed E-state index contributed by atoms with van der Waals surface area (Å²) >= 11 is 4.81. The molecule has 0 bridgehead atoms. The lowest BCUT2D eigenvalue weighted by Crippen LogP contribution is -2.19. The van der Waals surface area contributed by atoms with Gasteiger partial charge in [0, 0.05) is 5.69 Å². The van der Waals surface area contributed by atoms with E-state index in [0.29, 0.717) is 11.0 Å². The van der Waals surface area contributed by atoms with Gasteiger partial charge in [-0.15, -0.1) is 0 Å². The predicted molar refractivity (Wildman–Crippen MR) is 65.7 cm³/mol. The molecule has 0 heterocycles. The van der Waals surface area contributed by atoms with E-state index in [1.165, 1.54) is 5.56 Å². The summed E-state index contributed by atoms with van der Waals surface area (Å²) in [4.78, 5) is 0. The molecule has 0 radical (unpaired) electrons. The van der Waals surface area contributed by atoms with Crippen LogP contribution < -0.4 is 11.1 Å². The summed E-state index contributed by atoms with van der Waals surface area (Å²) in [6.07, 6.45) is 0. The van der Waals surface area contributed by atoms with Gasteiger partial charge in [-0.05, 0) is 42.3 Å². The Morgan fingerprint density at radius 1 is 1.43 bits per heavy atom. The average Bonchev–Trinajstić information content (AvgIpc) is 2.07. The van der Waals surface area contributed by atoms with Gasteiger partial charge in [-0.3, -0.25) is 0 Å². The van der Waals surface area contributed by atoms with Crippen molar-refractivity contribution in [2.75, 3.05) is 5.32 Å². The molecule has 0 aliphatic heterocycles. The standard InChI is InChI=1S/C11H16N2S/c1-7(2)9-5-4-8(3)10(6-9)13-11(12)14/h4-7H,1-3H3,(H3,12,13,14). The van der Waals surface area contributed by atoms with Crippen LogP contribution in [0.3, 0.4) is 0 Å². The second-order valence-electron chi connectivity index (χ2n) is 3.72. The number of nitrogens with one attached hydrogen (secondary N) is 1. The molecular weight excluding hydrogens is 192 g/mol. The lowest BCUT2D eigenvalue weighted by Gasteiger charge is -2.12. The van der Waals surface area contributed by atoms with Crippen molar-refractivity contribution in [3.05, 3.63) is 29.3 Å². The highest BCUT2D eigenvalue weighted by Gasteiger charge is 2.03. The van der Waals surface area contributed by atoms with Crippen LogP contribution in [-0.2, 0) is 0 Å². The molecule has 0 atom stereocenters. The van der Waals surface area contributed by atoms with E-state index in [4.69, 9.17) is 18.0 Å². The van der Waals surface area contributed by atoms with E-state index in [0.717, 1.165) is 11.3 Å². The number of anilines is 1. The minimum atomic E-state index is 0.314. The third-order valence-electron chi connectivity index (χ3n) is 2.19. The molecule has 14 heavy (non-hydrogen) atoms. The first kappa shape index (κ1) is 11.0. The highest BCUT2D eigenvalue weighted by molar-refractivity contribution is 7.80. The summed E-state index contributed by atoms with van der Waals surface area (Å²) < 4.78 is 0. The van der Waals surface area contributed by atoms with Gasteiger partial charge in [0.05, 0.1) is 0 Å². The van der Waals surface area contributed by atoms with Crippen LogP contribution in [0.4, 0.5) is 5.69 Å². The first-order chi connectivity index (χ1) is 6.50. The molecule has 2 nitrogen and oxygen atoms in total. The summed E-state index contributed by atoms with van der Waals surface area (Å²) in [7, 11) is 0. The monoisotopic (exact) mass is 208 g/mol. The van der Waals surface area contributed by atoms with Crippen molar-refractivity contribution in [3.8, 4) is 0 Å². The minimum Gasteiger partial charge on any atom is -0.376 e. The summed E-state index contributed by atoms with van der Waals surface area (Å²) in [6, 6.07) is 6.31. The third kappa shape index (κ3) is 2.70. The Balaban J connectivity index is 3.02. The average molecular weight is 208 g/mol. The fourth-order valence-corrected chi connectivity index (χ4v) is 1.38. The number of rotatable bonds is 2. The number of hydrogen-bond donors (Lipinski definition) is 2. The number of nitrogens with two attached hydrogens (primary N) is 1. The molecule has 1 aromatic carbocycles. The maximum atomic E-state index is 5.44. The Bertz CT molecular complexity index is 345. The second-order valence-corrected chi connectivity index (χ2v) is 4.16. The van der Waals surface area contributed by atoms with Crippen LogP contribution in [0.5, 0.6) is 0 Å². The predicted octanol–water partition coefficient (Wildman–Crippen LogP) is 2.77. The maximum Gasteiger partial charge on any atom is 0.168 e. The Kier molecular flexibility index (Phi) is 3.47. The zero-order chi connectivity index (χ0) is 10.7. The van der Waals surface area contributed by atoms with E-state index >= 15 is 0 Å². The maximum absolute atomic E-state index is 5.44. The molecule has 0 unspecified atom stereocenters. The zero-order valence-corrected chi connectivity index (χ0v) is 9.61. The van der Waals surface area contributed by atoms with E-state index in [1.54, 1.807) is 0 Å². The number of hydrogen-bond acceptors (Lipinski definition) is 1. The molecule has 0 fully saturated rings. The molecule has 0 aliphatic rings. The summed E-state index contributed by atoms with van der Waals surface area (Å²) in [5.74, 6) is 0.516. The molecule has 3 N–H and O–H groups in total. The van der Waals surface area contributed by atoms with Gasteiger partial charge in [0.15, 0.2) is 5.11 Å². The molecular formula is C11H16N2S. The minimum absolute atomic E-state index is 0.314. The van der Waals surface area contributed by atoms with Crippen LogP contribution in [0, 0.1) is 6.92 Å². The molecule has 1 rings (SSSR count). The fraction of sp³-hybridized carbons (Fsp3) is 0.364. The van der Waals surface area contributed by atoms with Gasteiger partial charge >= 0.3 is 0 Å². The van der Waals surface area contributed by atoms with Crippen molar-refractivity contribution < 1.29 is 0 Å². The van der Waals surface area contributed by atoms with Crippen molar-refractivity contribution >= 4 is 23.0 Å². The third-order valence-corrected chi connectivity index (χ3v) is 2.29. The van der Waals surface area contributed by atoms with Crippen molar-refractivity contribution in [3.63, 3.8) is 0 Å². The lowest BCUT2D eigenvalue weighted by molar-refractivity contribution is 0.866. The molecule has 0 saturated carbocycles. The molecule has 76 valence electrons. The van der Waals surface area contributed by atoms with Crippen LogP contribution in [-0.4, -0.2) is 5.11 Å². The first-order valence-electron chi connectivity index (χ1n) is 4.67. The summed E-state index contributed by atoms with van der Waals surface area (Å²) in [5, 5.41) is 3.29. The number of thiocarbonyl (C=S) groups is 1. The normalized spacial score (nSPS) is 10.3. The quantitative estimate of drug-likeness (QED) is 0.734.